The zero-order valence-electron chi connectivity index (χ0n) is 16.6. The molecule has 0 atom stereocenters. The molecule has 7 nitrogen and oxygen atoms in total. The monoisotopic (exact) mass is 411 g/mol. The Hall–Kier alpha value is -2.65. The van der Waals surface area contributed by atoms with Crippen LogP contribution in [0.4, 0.5) is 23.8 Å². The van der Waals surface area contributed by atoms with Crippen molar-refractivity contribution in [1.29, 1.82) is 0 Å². The molecule has 0 aliphatic carbocycles. The summed E-state index contributed by atoms with van der Waals surface area (Å²) in [4.78, 5) is 26.1. The van der Waals surface area contributed by atoms with Crippen LogP contribution in [0.25, 0.3) is 11.0 Å². The van der Waals surface area contributed by atoms with E-state index in [4.69, 9.17) is 4.74 Å². The number of carbonyl (C=O) groups excluding carboxylic acids is 1. The molecular weight excluding hydrogens is 387 g/mol. The molecule has 2 aromatic rings. The summed E-state index contributed by atoms with van der Waals surface area (Å²) in [6.45, 7) is 6.50. The fourth-order valence-corrected chi connectivity index (χ4v) is 3.16. The Morgan fingerprint density at radius 1 is 1.21 bits per heavy atom. The highest BCUT2D eigenvalue weighted by atomic mass is 19.4. The van der Waals surface area contributed by atoms with E-state index in [9.17, 15) is 18.0 Å². The van der Waals surface area contributed by atoms with Crippen LogP contribution in [0, 0.1) is 0 Å². The Bertz CT molecular complexity index is 874. The van der Waals surface area contributed by atoms with Crippen LogP contribution in [0.5, 0.6) is 0 Å². The molecular formula is C19H24F3N5O2. The number of hydrogen-bond acceptors (Lipinski definition) is 6. The summed E-state index contributed by atoms with van der Waals surface area (Å²) >= 11 is 0. The van der Waals surface area contributed by atoms with E-state index in [1.165, 1.54) is 18.6 Å². The minimum Gasteiger partial charge on any atom is -0.444 e. The maximum Gasteiger partial charge on any atom is 0.410 e. The van der Waals surface area contributed by atoms with Gasteiger partial charge in [-0.15, -0.1) is 0 Å². The number of aromatic nitrogens is 3. The van der Waals surface area contributed by atoms with Crippen molar-refractivity contribution in [2.45, 2.75) is 57.9 Å². The second-order valence-electron chi connectivity index (χ2n) is 8.11. The third kappa shape index (κ3) is 5.91. The third-order valence-corrected chi connectivity index (χ3v) is 4.44. The van der Waals surface area contributed by atoms with Gasteiger partial charge in [0.15, 0.2) is 5.65 Å². The highest BCUT2D eigenvalue weighted by Crippen LogP contribution is 2.26. The number of carbonyl (C=O) groups is 1. The minimum atomic E-state index is -4.31. The van der Waals surface area contributed by atoms with Gasteiger partial charge in [0.1, 0.15) is 17.7 Å². The summed E-state index contributed by atoms with van der Waals surface area (Å²) in [5.74, 6) is 0.447. The molecule has 29 heavy (non-hydrogen) atoms. The summed E-state index contributed by atoms with van der Waals surface area (Å²) in [7, 11) is 0. The lowest BCUT2D eigenvalue weighted by atomic mass is 10.0. The van der Waals surface area contributed by atoms with Crippen LogP contribution >= 0.6 is 0 Å². The molecule has 0 bridgehead atoms. The van der Waals surface area contributed by atoms with Crippen LogP contribution in [-0.4, -0.2) is 56.9 Å². The van der Waals surface area contributed by atoms with Gasteiger partial charge in [-0.3, -0.25) is 0 Å². The first kappa shape index (κ1) is 21.1. The van der Waals surface area contributed by atoms with E-state index in [1.54, 1.807) is 4.90 Å². The van der Waals surface area contributed by atoms with E-state index in [2.05, 4.69) is 20.3 Å². The van der Waals surface area contributed by atoms with Crippen molar-refractivity contribution in [3.05, 3.63) is 24.2 Å². The quantitative estimate of drug-likeness (QED) is 0.824. The number of piperidine rings is 1. The molecule has 0 saturated carbocycles. The van der Waals surface area contributed by atoms with E-state index >= 15 is 0 Å². The second-order valence-corrected chi connectivity index (χ2v) is 8.11. The number of halogens is 3. The molecule has 3 heterocycles. The van der Waals surface area contributed by atoms with Crippen molar-refractivity contribution in [3.8, 4) is 0 Å². The van der Waals surface area contributed by atoms with Crippen LogP contribution in [-0.2, 0) is 11.2 Å². The molecule has 0 spiro atoms. The molecule has 158 valence electrons. The van der Waals surface area contributed by atoms with Crippen LogP contribution in [0.1, 0.15) is 39.2 Å². The SMILES string of the molecule is CC(C)(C)OC(=O)N1CCC(Nc2ncnc3ncc(CC(F)(F)F)cc23)CC1. The zero-order chi connectivity index (χ0) is 21.2. The number of nitrogens with zero attached hydrogens (tertiary/aromatic N) is 4. The number of amides is 1. The molecule has 1 fully saturated rings. The number of likely N-dealkylation sites (tertiary alicyclic amines) is 1. The Morgan fingerprint density at radius 2 is 1.90 bits per heavy atom. The predicted octanol–water partition coefficient (Wildman–Crippen LogP) is 3.94. The molecule has 1 saturated heterocycles. The third-order valence-electron chi connectivity index (χ3n) is 4.44. The van der Waals surface area contributed by atoms with E-state index in [0.29, 0.717) is 42.8 Å². The Balaban J connectivity index is 1.68. The van der Waals surface area contributed by atoms with E-state index < -0.39 is 18.2 Å². The van der Waals surface area contributed by atoms with Gasteiger partial charge in [-0.25, -0.2) is 19.7 Å². The van der Waals surface area contributed by atoms with Gasteiger partial charge in [0.25, 0.3) is 0 Å². The number of ether oxygens (including phenoxy) is 1. The molecule has 0 radical (unpaired) electrons. The average molecular weight is 411 g/mol. The summed E-state index contributed by atoms with van der Waals surface area (Å²) < 4.78 is 43.5. The first-order valence-electron chi connectivity index (χ1n) is 9.41. The maximum atomic E-state index is 12.7. The van der Waals surface area contributed by atoms with Crippen LogP contribution in [0.15, 0.2) is 18.6 Å². The van der Waals surface area contributed by atoms with E-state index in [1.807, 2.05) is 20.8 Å². The molecule has 3 rings (SSSR count). The van der Waals surface area contributed by atoms with Gasteiger partial charge in [-0.2, -0.15) is 13.2 Å². The van der Waals surface area contributed by atoms with Gasteiger partial charge >= 0.3 is 12.3 Å². The van der Waals surface area contributed by atoms with Crippen molar-refractivity contribution in [2.24, 2.45) is 0 Å². The van der Waals surface area contributed by atoms with Gasteiger partial charge in [-0.1, -0.05) is 0 Å². The lowest BCUT2D eigenvalue weighted by Crippen LogP contribution is -2.44. The molecule has 2 aromatic heterocycles. The predicted molar refractivity (Wildman–Crippen MR) is 102 cm³/mol. The average Bonchev–Trinajstić information content (AvgIpc) is 2.60. The van der Waals surface area contributed by atoms with Gasteiger partial charge in [0.2, 0.25) is 0 Å². The molecule has 10 heteroatoms. The summed E-state index contributed by atoms with van der Waals surface area (Å²) in [6, 6.07) is 1.45. The van der Waals surface area contributed by atoms with Crippen LogP contribution in [0.3, 0.4) is 0 Å². The zero-order valence-corrected chi connectivity index (χ0v) is 16.6. The molecule has 0 unspecified atom stereocenters. The van der Waals surface area contributed by atoms with E-state index in [-0.39, 0.29) is 17.7 Å². The number of fused-ring (bicyclic) bond motifs is 1. The number of hydrogen-bond donors (Lipinski definition) is 1. The second kappa shape index (κ2) is 8.00. The van der Waals surface area contributed by atoms with Crippen molar-refractivity contribution < 1.29 is 22.7 Å². The Labute approximate surface area is 166 Å². The normalized spacial score (nSPS) is 16.1. The number of alkyl halides is 3. The van der Waals surface area contributed by atoms with Gasteiger partial charge in [0, 0.05) is 25.3 Å². The number of anilines is 1. The standard InChI is InChI=1S/C19H24F3N5O2/c1-18(2,3)29-17(28)27-6-4-13(5-7-27)26-16-14-8-12(9-19(20,21)22)10-23-15(14)24-11-25-16/h8,10-11,13H,4-7,9H2,1-3H3,(H,23,24,25,26). The smallest absolute Gasteiger partial charge is 0.410 e. The van der Waals surface area contributed by atoms with Crippen molar-refractivity contribution >= 4 is 22.9 Å². The summed E-state index contributed by atoms with van der Waals surface area (Å²) in [6.07, 6.45) is -1.86. The number of pyridine rings is 1. The van der Waals surface area contributed by atoms with Crippen LogP contribution < -0.4 is 5.32 Å². The van der Waals surface area contributed by atoms with E-state index in [0.717, 1.165) is 0 Å². The fraction of sp³-hybridized carbons (Fsp3) is 0.579. The number of rotatable bonds is 3. The van der Waals surface area contributed by atoms with Gasteiger partial charge in [-0.05, 0) is 45.2 Å². The van der Waals surface area contributed by atoms with Crippen molar-refractivity contribution in [1.82, 2.24) is 19.9 Å². The molecule has 0 aromatic carbocycles. The summed E-state index contributed by atoms with van der Waals surface area (Å²) in [5.41, 5.74) is -0.157. The molecule has 1 amide bonds. The Morgan fingerprint density at radius 3 is 2.52 bits per heavy atom. The Kier molecular flexibility index (Phi) is 5.81. The largest absolute Gasteiger partial charge is 0.444 e. The molecule has 1 N–H and O–H groups in total. The topological polar surface area (TPSA) is 80.2 Å². The summed E-state index contributed by atoms with van der Waals surface area (Å²) in [5, 5.41) is 3.72. The first-order chi connectivity index (χ1) is 13.5. The molecule has 1 aliphatic heterocycles. The first-order valence-corrected chi connectivity index (χ1v) is 9.41. The lowest BCUT2D eigenvalue weighted by molar-refractivity contribution is -0.127. The van der Waals surface area contributed by atoms with Crippen LogP contribution in [0.2, 0.25) is 0 Å². The van der Waals surface area contributed by atoms with Crippen molar-refractivity contribution in [3.63, 3.8) is 0 Å². The highest BCUT2D eigenvalue weighted by Gasteiger charge is 2.29. The lowest BCUT2D eigenvalue weighted by Gasteiger charge is -2.34. The number of nitrogens with one attached hydrogen (secondary N) is 1. The highest BCUT2D eigenvalue weighted by molar-refractivity contribution is 5.86. The fourth-order valence-electron chi connectivity index (χ4n) is 3.16. The maximum absolute atomic E-state index is 12.7. The van der Waals surface area contributed by atoms with Crippen molar-refractivity contribution in [2.75, 3.05) is 18.4 Å². The van der Waals surface area contributed by atoms with Gasteiger partial charge in [0.05, 0.1) is 11.8 Å². The minimum absolute atomic E-state index is 0.0260. The van der Waals surface area contributed by atoms with Gasteiger partial charge < -0.3 is 15.0 Å². The molecule has 1 aliphatic rings.